The van der Waals surface area contributed by atoms with Crippen molar-refractivity contribution in [1.29, 1.82) is 0 Å². The molecule has 0 aromatic rings. The molecule has 0 aliphatic heterocycles. The minimum atomic E-state index is 0.669. The molecule has 3 aliphatic rings. The summed E-state index contributed by atoms with van der Waals surface area (Å²) in [7, 11) is 0. The summed E-state index contributed by atoms with van der Waals surface area (Å²) in [5, 5.41) is 0. The van der Waals surface area contributed by atoms with Crippen molar-refractivity contribution in [1.82, 2.24) is 0 Å². The maximum Gasteiger partial charge on any atom is 0.105 e. The summed E-state index contributed by atoms with van der Waals surface area (Å²) < 4.78 is 0. The van der Waals surface area contributed by atoms with Crippen LogP contribution in [0.4, 0.5) is 0 Å². The Morgan fingerprint density at radius 1 is 1.40 bits per heavy atom. The summed E-state index contributed by atoms with van der Waals surface area (Å²) in [5.41, 5.74) is 0.669. The molecular formula is C10H17+. The summed E-state index contributed by atoms with van der Waals surface area (Å²) in [4.78, 5) is 0. The molecule has 0 saturated heterocycles. The molecule has 3 rings (SSSR count). The zero-order valence-corrected chi connectivity index (χ0v) is 7.28. The average Bonchev–Trinajstić information content (AvgIpc) is 1.87. The molecular weight excluding hydrogens is 120 g/mol. The first-order chi connectivity index (χ1) is 4.62. The zero-order chi connectivity index (χ0) is 7.35. The van der Waals surface area contributed by atoms with Gasteiger partial charge in [-0.1, -0.05) is 13.8 Å². The topological polar surface area (TPSA) is 0 Å². The fraction of sp³-hybridized carbons (Fsp3) is 0.900. The highest BCUT2D eigenvalue weighted by molar-refractivity contribution is 5.13. The highest BCUT2D eigenvalue weighted by Gasteiger charge is 2.59. The first kappa shape index (κ1) is 6.57. The van der Waals surface area contributed by atoms with Crippen molar-refractivity contribution >= 4 is 0 Å². The van der Waals surface area contributed by atoms with Crippen LogP contribution in [0, 0.1) is 23.2 Å². The third-order valence-corrected chi connectivity index (χ3v) is 3.95. The lowest BCUT2D eigenvalue weighted by Gasteiger charge is -2.53. The zero-order valence-electron chi connectivity index (χ0n) is 7.28. The van der Waals surface area contributed by atoms with E-state index in [0.717, 1.165) is 11.8 Å². The Morgan fingerprint density at radius 2 is 2.10 bits per heavy atom. The van der Waals surface area contributed by atoms with Crippen LogP contribution in [0.1, 0.15) is 40.0 Å². The fourth-order valence-corrected chi connectivity index (χ4v) is 2.92. The molecule has 3 aliphatic carbocycles. The van der Waals surface area contributed by atoms with Crippen molar-refractivity contribution in [2.45, 2.75) is 40.0 Å². The average molecular weight is 137 g/mol. The number of hydrogen-bond donors (Lipinski definition) is 0. The molecule has 2 bridgehead atoms. The van der Waals surface area contributed by atoms with Crippen LogP contribution in [-0.4, -0.2) is 0 Å². The van der Waals surface area contributed by atoms with Gasteiger partial charge in [0.05, 0.1) is 19.3 Å². The van der Waals surface area contributed by atoms with E-state index in [1.54, 1.807) is 5.92 Å². The highest BCUT2D eigenvalue weighted by Crippen LogP contribution is 2.61. The number of hydrogen-bond acceptors (Lipinski definition) is 0. The molecule has 0 heterocycles. The Balaban J connectivity index is 2.16. The van der Waals surface area contributed by atoms with E-state index in [4.69, 9.17) is 0 Å². The van der Waals surface area contributed by atoms with Crippen LogP contribution >= 0.6 is 0 Å². The van der Waals surface area contributed by atoms with E-state index >= 15 is 0 Å². The molecule has 0 unspecified atom stereocenters. The van der Waals surface area contributed by atoms with E-state index in [9.17, 15) is 0 Å². The quantitative estimate of drug-likeness (QED) is 0.450. The van der Waals surface area contributed by atoms with Crippen LogP contribution in [0.3, 0.4) is 0 Å². The summed E-state index contributed by atoms with van der Waals surface area (Å²) in [5.74, 6) is 3.81. The standard InChI is InChI=1S/C10H17/c1-7-4-5-8-6-9(7)10(8,2)3/h8-9H,4-6H2,1-3H3/q+1/t8-,9-/m1/s1. The van der Waals surface area contributed by atoms with Gasteiger partial charge >= 0.3 is 0 Å². The van der Waals surface area contributed by atoms with Gasteiger partial charge in [-0.2, -0.15) is 0 Å². The number of fused-ring (bicyclic) bond motifs is 2. The van der Waals surface area contributed by atoms with Crippen LogP contribution in [-0.2, 0) is 0 Å². The van der Waals surface area contributed by atoms with Crippen molar-refractivity contribution in [2.24, 2.45) is 17.3 Å². The van der Waals surface area contributed by atoms with Crippen molar-refractivity contribution in [3.63, 3.8) is 0 Å². The molecule has 0 radical (unpaired) electrons. The van der Waals surface area contributed by atoms with Crippen LogP contribution in [0.15, 0.2) is 0 Å². The second-order valence-corrected chi connectivity index (χ2v) is 4.69. The Labute approximate surface area is 64.0 Å². The fourth-order valence-electron chi connectivity index (χ4n) is 2.92. The molecule has 0 nitrogen and oxygen atoms in total. The van der Waals surface area contributed by atoms with Crippen molar-refractivity contribution in [3.8, 4) is 0 Å². The molecule has 0 amide bonds. The minimum absolute atomic E-state index is 0.669. The van der Waals surface area contributed by atoms with Gasteiger partial charge in [0.25, 0.3) is 0 Å². The van der Waals surface area contributed by atoms with Gasteiger partial charge in [0, 0.05) is 5.41 Å². The van der Waals surface area contributed by atoms with Gasteiger partial charge in [-0.05, 0) is 18.8 Å². The SMILES string of the molecule is C[C+]1CC[C@@H]2C[C@H]1C2(C)C. The number of rotatable bonds is 0. The first-order valence-corrected chi connectivity index (χ1v) is 4.44. The maximum absolute atomic E-state index is 2.44. The molecule has 0 aromatic heterocycles. The predicted octanol–water partition coefficient (Wildman–Crippen LogP) is 3.04. The van der Waals surface area contributed by atoms with Gasteiger partial charge in [-0.25, -0.2) is 0 Å². The summed E-state index contributed by atoms with van der Waals surface area (Å²) in [6, 6.07) is 0. The van der Waals surface area contributed by atoms with Crippen LogP contribution in [0.5, 0.6) is 0 Å². The van der Waals surface area contributed by atoms with Crippen LogP contribution in [0.25, 0.3) is 0 Å². The van der Waals surface area contributed by atoms with Gasteiger partial charge in [-0.3, -0.25) is 0 Å². The van der Waals surface area contributed by atoms with Crippen LogP contribution in [0.2, 0.25) is 0 Å². The van der Waals surface area contributed by atoms with Gasteiger partial charge in [-0.15, -0.1) is 0 Å². The van der Waals surface area contributed by atoms with Crippen molar-refractivity contribution in [2.75, 3.05) is 0 Å². The second-order valence-electron chi connectivity index (χ2n) is 4.69. The predicted molar refractivity (Wildman–Crippen MR) is 43.5 cm³/mol. The van der Waals surface area contributed by atoms with Crippen molar-refractivity contribution in [3.05, 3.63) is 5.92 Å². The third-order valence-electron chi connectivity index (χ3n) is 3.95. The Kier molecular flexibility index (Phi) is 1.13. The third kappa shape index (κ3) is 0.601. The first-order valence-electron chi connectivity index (χ1n) is 4.44. The van der Waals surface area contributed by atoms with E-state index in [2.05, 4.69) is 20.8 Å². The second kappa shape index (κ2) is 1.72. The van der Waals surface area contributed by atoms with E-state index in [1.807, 2.05) is 0 Å². The molecule has 0 N–H and O–H groups in total. The lowest BCUT2D eigenvalue weighted by atomic mass is 9.46. The van der Waals surface area contributed by atoms with Crippen molar-refractivity contribution < 1.29 is 0 Å². The van der Waals surface area contributed by atoms with E-state index in [1.165, 1.54) is 19.3 Å². The Hall–Kier alpha value is -0.130. The van der Waals surface area contributed by atoms with Gasteiger partial charge in [0.15, 0.2) is 0 Å². The Bertz CT molecular complexity index is 144. The minimum Gasteiger partial charge on any atom is -0.0553 e. The highest BCUT2D eigenvalue weighted by atomic mass is 14.6. The summed E-state index contributed by atoms with van der Waals surface area (Å²) in [6.45, 7) is 7.23. The van der Waals surface area contributed by atoms with E-state index in [-0.39, 0.29) is 0 Å². The van der Waals surface area contributed by atoms with E-state index < -0.39 is 0 Å². The monoisotopic (exact) mass is 137 g/mol. The largest absolute Gasteiger partial charge is 0.105 e. The smallest absolute Gasteiger partial charge is 0.0553 e. The maximum atomic E-state index is 2.44. The van der Waals surface area contributed by atoms with Gasteiger partial charge in [0.2, 0.25) is 0 Å². The van der Waals surface area contributed by atoms with Gasteiger partial charge < -0.3 is 0 Å². The molecule has 3 saturated carbocycles. The molecule has 56 valence electrons. The van der Waals surface area contributed by atoms with E-state index in [0.29, 0.717) is 5.41 Å². The Morgan fingerprint density at radius 3 is 2.40 bits per heavy atom. The van der Waals surface area contributed by atoms with Crippen LogP contribution < -0.4 is 0 Å². The van der Waals surface area contributed by atoms with Gasteiger partial charge in [0.1, 0.15) is 5.92 Å². The molecule has 0 heteroatoms. The molecule has 10 heavy (non-hydrogen) atoms. The summed E-state index contributed by atoms with van der Waals surface area (Å²) >= 11 is 0. The molecule has 0 aromatic carbocycles. The summed E-state index contributed by atoms with van der Waals surface area (Å²) in [6.07, 6.45) is 4.38. The molecule has 3 fully saturated rings. The molecule has 2 atom stereocenters. The lowest BCUT2D eigenvalue weighted by Crippen LogP contribution is -2.50. The molecule has 0 spiro atoms. The lowest BCUT2D eigenvalue weighted by molar-refractivity contribution is -0.0465. The normalized spacial score (nSPS) is 42.9.